The van der Waals surface area contributed by atoms with Gasteiger partial charge >= 0.3 is 18.2 Å². The van der Waals surface area contributed by atoms with E-state index in [9.17, 15) is 22.8 Å². The molecular weight excluding hydrogens is 253 g/mol. The number of carbonyl (C=O) groups excluding carboxylic acids is 1. The number of nitrogens with zero attached hydrogens (tertiary/aromatic N) is 1. The van der Waals surface area contributed by atoms with E-state index in [2.05, 4.69) is 5.92 Å². The molecule has 0 rings (SSSR count). The van der Waals surface area contributed by atoms with Crippen molar-refractivity contribution in [2.75, 3.05) is 13.1 Å². The highest BCUT2D eigenvalue weighted by molar-refractivity contribution is 5.86. The summed E-state index contributed by atoms with van der Waals surface area (Å²) in [6.45, 7) is 1.72. The van der Waals surface area contributed by atoms with Gasteiger partial charge in [-0.2, -0.15) is 13.2 Å². The van der Waals surface area contributed by atoms with Gasteiger partial charge in [0.15, 0.2) is 0 Å². The highest BCUT2D eigenvalue weighted by Crippen LogP contribution is 2.30. The zero-order chi connectivity index (χ0) is 14.6. The lowest BCUT2D eigenvalue weighted by Crippen LogP contribution is -2.64. The number of aliphatic carboxylic acids is 1. The molecule has 1 unspecified atom stereocenters. The van der Waals surface area contributed by atoms with Crippen molar-refractivity contribution in [3.8, 4) is 12.3 Å². The standard InChI is InChI=1S/C10H13F3N2O3/c1-4-6-15(5-2)8(18)14-9(3,7(16)17)10(11,12)13/h1H,5-6H2,2-3H3,(H,14,18)(H,16,17). The maximum atomic E-state index is 12.6. The fourth-order valence-electron chi connectivity index (χ4n) is 0.976. The average molecular weight is 266 g/mol. The molecule has 0 aromatic heterocycles. The summed E-state index contributed by atoms with van der Waals surface area (Å²) in [5, 5.41) is 10.0. The van der Waals surface area contributed by atoms with Gasteiger partial charge in [-0.25, -0.2) is 9.59 Å². The molecule has 1 atom stereocenters. The number of nitrogens with one attached hydrogen (secondary N) is 1. The van der Waals surface area contributed by atoms with Crippen LogP contribution in [-0.2, 0) is 4.79 Å². The molecule has 0 aliphatic rings. The van der Waals surface area contributed by atoms with E-state index in [0.717, 1.165) is 4.90 Å². The van der Waals surface area contributed by atoms with Crippen LogP contribution < -0.4 is 5.32 Å². The Kier molecular flexibility index (Phi) is 5.02. The first-order valence-corrected chi connectivity index (χ1v) is 4.90. The second-order valence-corrected chi connectivity index (χ2v) is 3.58. The van der Waals surface area contributed by atoms with Crippen LogP contribution in [0.5, 0.6) is 0 Å². The van der Waals surface area contributed by atoms with Gasteiger partial charge in [0, 0.05) is 6.54 Å². The summed E-state index contributed by atoms with van der Waals surface area (Å²) in [7, 11) is 0. The van der Waals surface area contributed by atoms with Gasteiger partial charge in [-0.3, -0.25) is 0 Å². The molecule has 0 aliphatic heterocycles. The first kappa shape index (κ1) is 16.1. The lowest BCUT2D eigenvalue weighted by molar-refractivity contribution is -0.203. The Labute approximate surface area is 102 Å². The van der Waals surface area contributed by atoms with Crippen molar-refractivity contribution in [3.05, 3.63) is 0 Å². The van der Waals surface area contributed by atoms with Crippen molar-refractivity contribution in [2.45, 2.75) is 25.6 Å². The van der Waals surface area contributed by atoms with Gasteiger partial charge in [0.05, 0.1) is 6.54 Å². The number of urea groups is 1. The van der Waals surface area contributed by atoms with Crippen LogP contribution in [-0.4, -0.2) is 46.8 Å². The van der Waals surface area contributed by atoms with Crippen LogP contribution in [0.2, 0.25) is 0 Å². The normalized spacial score (nSPS) is 14.2. The lowest BCUT2D eigenvalue weighted by atomic mass is 10.0. The number of terminal acetylenes is 1. The minimum absolute atomic E-state index is 0.0591. The number of hydrogen-bond donors (Lipinski definition) is 2. The van der Waals surface area contributed by atoms with Crippen molar-refractivity contribution in [1.82, 2.24) is 10.2 Å². The number of hydrogen-bond acceptors (Lipinski definition) is 2. The lowest BCUT2D eigenvalue weighted by Gasteiger charge is -2.31. The van der Waals surface area contributed by atoms with E-state index < -0.39 is 23.7 Å². The second kappa shape index (κ2) is 5.62. The van der Waals surface area contributed by atoms with Crippen molar-refractivity contribution < 1.29 is 27.9 Å². The Balaban J connectivity index is 5.09. The van der Waals surface area contributed by atoms with E-state index in [1.165, 1.54) is 12.2 Å². The van der Waals surface area contributed by atoms with E-state index in [1.807, 2.05) is 0 Å². The Morgan fingerprint density at radius 2 is 1.94 bits per heavy atom. The molecule has 102 valence electrons. The first-order chi connectivity index (χ1) is 8.10. The van der Waals surface area contributed by atoms with Crippen LogP contribution in [0.3, 0.4) is 0 Å². The van der Waals surface area contributed by atoms with Gasteiger partial charge in [0.2, 0.25) is 5.54 Å². The Hall–Kier alpha value is -1.91. The van der Waals surface area contributed by atoms with E-state index in [-0.39, 0.29) is 13.1 Å². The molecule has 5 nitrogen and oxygen atoms in total. The van der Waals surface area contributed by atoms with Gasteiger partial charge < -0.3 is 15.3 Å². The van der Waals surface area contributed by atoms with Gasteiger partial charge in [-0.05, 0) is 13.8 Å². The molecule has 0 saturated heterocycles. The minimum Gasteiger partial charge on any atom is -0.479 e. The maximum absolute atomic E-state index is 12.6. The fraction of sp³-hybridized carbons (Fsp3) is 0.600. The summed E-state index contributed by atoms with van der Waals surface area (Å²) in [5.74, 6) is -0.105. The number of rotatable bonds is 4. The molecule has 0 heterocycles. The second-order valence-electron chi connectivity index (χ2n) is 3.58. The third-order valence-electron chi connectivity index (χ3n) is 2.30. The highest BCUT2D eigenvalue weighted by atomic mass is 19.4. The first-order valence-electron chi connectivity index (χ1n) is 4.90. The van der Waals surface area contributed by atoms with Gasteiger partial charge in [0.25, 0.3) is 0 Å². The molecule has 0 aromatic carbocycles. The van der Waals surface area contributed by atoms with Crippen molar-refractivity contribution in [3.63, 3.8) is 0 Å². The molecule has 0 fully saturated rings. The molecule has 2 amide bonds. The Morgan fingerprint density at radius 1 is 1.44 bits per heavy atom. The molecule has 0 aliphatic carbocycles. The van der Waals surface area contributed by atoms with Crippen LogP contribution >= 0.6 is 0 Å². The number of carbonyl (C=O) groups is 2. The minimum atomic E-state index is -5.12. The monoisotopic (exact) mass is 266 g/mol. The predicted octanol–water partition coefficient (Wildman–Crippen LogP) is 1.06. The summed E-state index contributed by atoms with van der Waals surface area (Å²) >= 11 is 0. The highest BCUT2D eigenvalue weighted by Gasteiger charge is 2.58. The molecular formula is C10H13F3N2O3. The molecule has 0 radical (unpaired) electrons. The summed E-state index contributed by atoms with van der Waals surface area (Å²) in [4.78, 5) is 23.0. The zero-order valence-corrected chi connectivity index (χ0v) is 9.84. The van der Waals surface area contributed by atoms with E-state index in [0.29, 0.717) is 6.92 Å². The number of amides is 2. The van der Waals surface area contributed by atoms with Crippen LogP contribution in [0.1, 0.15) is 13.8 Å². The van der Waals surface area contributed by atoms with Crippen molar-refractivity contribution >= 4 is 12.0 Å². The Bertz CT molecular complexity index is 376. The Morgan fingerprint density at radius 3 is 2.22 bits per heavy atom. The average Bonchev–Trinajstić information content (AvgIpc) is 2.23. The third kappa shape index (κ3) is 3.29. The van der Waals surface area contributed by atoms with Gasteiger partial charge in [-0.15, -0.1) is 6.42 Å². The van der Waals surface area contributed by atoms with Crippen LogP contribution in [0.25, 0.3) is 0 Å². The smallest absolute Gasteiger partial charge is 0.422 e. The van der Waals surface area contributed by atoms with Crippen molar-refractivity contribution in [2.24, 2.45) is 0 Å². The summed E-state index contributed by atoms with van der Waals surface area (Å²) < 4.78 is 37.8. The molecule has 0 bridgehead atoms. The third-order valence-corrected chi connectivity index (χ3v) is 2.30. The molecule has 2 N–H and O–H groups in total. The van der Waals surface area contributed by atoms with E-state index in [4.69, 9.17) is 11.5 Å². The number of carboxylic acid groups (broad SMARTS) is 1. The van der Waals surface area contributed by atoms with Gasteiger partial charge in [0.1, 0.15) is 0 Å². The molecule has 0 aromatic rings. The summed E-state index contributed by atoms with van der Waals surface area (Å²) in [5.41, 5.74) is -3.36. The van der Waals surface area contributed by atoms with E-state index in [1.54, 1.807) is 0 Å². The summed E-state index contributed by atoms with van der Waals surface area (Å²) in [6.07, 6.45) is -0.179. The quantitative estimate of drug-likeness (QED) is 0.747. The maximum Gasteiger partial charge on any atom is 0.422 e. The molecule has 18 heavy (non-hydrogen) atoms. The molecule has 0 spiro atoms. The topological polar surface area (TPSA) is 69.6 Å². The predicted molar refractivity (Wildman–Crippen MR) is 56.7 cm³/mol. The molecule has 0 saturated carbocycles. The van der Waals surface area contributed by atoms with Crippen LogP contribution in [0.4, 0.5) is 18.0 Å². The van der Waals surface area contributed by atoms with Crippen molar-refractivity contribution in [1.29, 1.82) is 0 Å². The SMILES string of the molecule is C#CCN(CC)C(=O)NC(C)(C(=O)O)C(F)(F)F. The zero-order valence-electron chi connectivity index (χ0n) is 9.84. The largest absolute Gasteiger partial charge is 0.479 e. The van der Waals surface area contributed by atoms with E-state index >= 15 is 0 Å². The number of halogens is 3. The van der Waals surface area contributed by atoms with Crippen LogP contribution in [0.15, 0.2) is 0 Å². The summed E-state index contributed by atoms with van der Waals surface area (Å²) in [6, 6.07) is -1.18. The number of carboxylic acids is 1. The van der Waals surface area contributed by atoms with Gasteiger partial charge in [-0.1, -0.05) is 5.92 Å². The number of alkyl halides is 3. The molecule has 8 heteroatoms. The van der Waals surface area contributed by atoms with Crippen LogP contribution in [0, 0.1) is 12.3 Å². The fourth-order valence-corrected chi connectivity index (χ4v) is 0.976.